The van der Waals surface area contributed by atoms with Crippen LogP contribution in [-0.4, -0.2) is 167 Å². The highest BCUT2D eigenvalue weighted by Crippen LogP contribution is 2.43. The zero-order chi connectivity index (χ0) is 47.1. The number of nitrogens with one attached hydrogen (secondary N) is 3. The second kappa shape index (κ2) is 22.4. The molecule has 0 bridgehead atoms. The van der Waals surface area contributed by atoms with Crippen molar-refractivity contribution in [3.05, 3.63) is 12.4 Å². The highest BCUT2D eigenvalue weighted by atomic mass is 16.7. The Kier molecular flexibility index (Phi) is 19.0. The molecular weight excluding hydrogens is 819 g/mol. The number of aliphatic hydroxyl groups is 4. The molecule has 3 fully saturated rings. The van der Waals surface area contributed by atoms with E-state index >= 15 is 0 Å². The standard InChI is InChI=1S/C45H81N5O13/c1-15-17-47-24-45(55)30(8)59-34(20-43(45,10)57-14)62-35-27(5)38(63-40-36(32(46-12)18-26(4)58-40)60-31-22-49-41(56-13)50-23-31)42(9,53)19-25(3)21-48-29(7)37(51)44(11,54)33(16-2)61-39(52)28(35)6/h22-23,25-30,32-38,40,46-48,51,53-55H,15-21,24H2,1-14H3/t25-,26-,27+,28-,29-,30+,32+,33-,34+,35+,36-,37-,38-,40+,42-,43-,44-,45+/m1/s1. The molecule has 1 aromatic heterocycles. The number of carbonyl (C=O) groups excluding carboxylic acids is 1. The number of likely N-dealkylation sites (N-methyl/N-ethyl adjacent to an activating group) is 1. The quantitative estimate of drug-likeness (QED) is 0.105. The Hall–Kier alpha value is -2.33. The number of aliphatic hydroxyl groups excluding tert-OH is 1. The van der Waals surface area contributed by atoms with Gasteiger partial charge in [0.25, 0.3) is 0 Å². The van der Waals surface area contributed by atoms with Crippen LogP contribution in [0.25, 0.3) is 0 Å². The number of hydrogen-bond acceptors (Lipinski definition) is 18. The number of hydrogen-bond donors (Lipinski definition) is 7. The molecular formula is C45H81N5O13. The fourth-order valence-corrected chi connectivity index (χ4v) is 9.75. The fraction of sp³-hybridized carbons (Fsp3) is 0.889. The molecule has 18 atom stereocenters. The third-order valence-corrected chi connectivity index (χ3v) is 13.8. The van der Waals surface area contributed by atoms with E-state index in [0.717, 1.165) is 6.42 Å². The summed E-state index contributed by atoms with van der Waals surface area (Å²) < 4.78 is 50.9. The van der Waals surface area contributed by atoms with Gasteiger partial charge >= 0.3 is 12.0 Å². The summed E-state index contributed by atoms with van der Waals surface area (Å²) in [5.74, 6) is -2.40. The molecule has 0 radical (unpaired) electrons. The first-order valence-corrected chi connectivity index (χ1v) is 22.9. The Balaban J connectivity index is 1.84. The Morgan fingerprint density at radius 2 is 1.62 bits per heavy atom. The summed E-state index contributed by atoms with van der Waals surface area (Å²) in [5.41, 5.74) is -6.05. The number of ether oxygens (including phenoxy) is 8. The Morgan fingerprint density at radius 3 is 2.21 bits per heavy atom. The van der Waals surface area contributed by atoms with Crippen LogP contribution in [0, 0.1) is 17.8 Å². The van der Waals surface area contributed by atoms with E-state index in [-0.39, 0.29) is 49.9 Å². The highest BCUT2D eigenvalue weighted by Gasteiger charge is 2.58. The van der Waals surface area contributed by atoms with Gasteiger partial charge in [-0.1, -0.05) is 27.7 Å². The van der Waals surface area contributed by atoms with Gasteiger partial charge in [0.2, 0.25) is 0 Å². The van der Waals surface area contributed by atoms with Gasteiger partial charge in [0.05, 0.1) is 61.5 Å². The van der Waals surface area contributed by atoms with E-state index in [1.54, 1.807) is 34.6 Å². The summed E-state index contributed by atoms with van der Waals surface area (Å²) in [5, 5.41) is 58.2. The number of nitrogens with zero attached hydrogens (tertiary/aromatic N) is 2. The largest absolute Gasteiger partial charge is 0.480 e. The highest BCUT2D eigenvalue weighted by molar-refractivity contribution is 5.73. The van der Waals surface area contributed by atoms with E-state index in [4.69, 9.17) is 37.9 Å². The summed E-state index contributed by atoms with van der Waals surface area (Å²) >= 11 is 0. The van der Waals surface area contributed by atoms with Crippen molar-refractivity contribution in [2.45, 2.75) is 198 Å². The fourth-order valence-electron chi connectivity index (χ4n) is 9.75. The van der Waals surface area contributed by atoms with Crippen LogP contribution >= 0.6 is 0 Å². The molecule has 18 heteroatoms. The lowest BCUT2D eigenvalue weighted by Crippen LogP contribution is -2.70. The molecule has 7 N–H and O–H groups in total. The molecule has 0 saturated carbocycles. The van der Waals surface area contributed by atoms with Gasteiger partial charge in [-0.25, -0.2) is 0 Å². The normalized spacial score (nSPS) is 43.6. The van der Waals surface area contributed by atoms with E-state index in [2.05, 4.69) is 25.9 Å². The molecule has 0 aliphatic carbocycles. The van der Waals surface area contributed by atoms with E-state index in [0.29, 0.717) is 25.3 Å². The van der Waals surface area contributed by atoms with Gasteiger partial charge in [0.15, 0.2) is 24.4 Å². The summed E-state index contributed by atoms with van der Waals surface area (Å²) in [7, 11) is 4.84. The SMILES string of the molecule is CCCNC[C@]1(O)[C@H](C)O[C@@H](O[C@H]2[C@H](C)[C@@H](O[C@@H]3O[C@H](C)C[C@H](NC)[C@H]3Oc3cnc(OC)nc3)[C@](C)(O)C[C@@H](C)CN[C@H](C)[C@@H](O)[C@](C)(O)[C@@H](CC)OC(=O)[C@@H]2C)C[C@@]1(C)OC. The molecule has 63 heavy (non-hydrogen) atoms. The summed E-state index contributed by atoms with van der Waals surface area (Å²) in [6.45, 7) is 21.0. The minimum atomic E-state index is -1.83. The van der Waals surface area contributed by atoms with Crippen LogP contribution in [0.2, 0.25) is 0 Å². The van der Waals surface area contributed by atoms with Gasteiger partial charge in [-0.3, -0.25) is 4.79 Å². The average molecular weight is 900 g/mol. The molecule has 3 aliphatic rings. The lowest BCUT2D eigenvalue weighted by Gasteiger charge is -2.53. The Bertz CT molecular complexity index is 1560. The lowest BCUT2D eigenvalue weighted by molar-refractivity contribution is -0.335. The number of carbonyl (C=O) groups is 1. The molecule has 1 aromatic rings. The van der Waals surface area contributed by atoms with Gasteiger partial charge in [-0.05, 0) is 100 Å². The van der Waals surface area contributed by atoms with Gasteiger partial charge in [0, 0.05) is 32.0 Å². The monoisotopic (exact) mass is 900 g/mol. The summed E-state index contributed by atoms with van der Waals surface area (Å²) in [4.78, 5) is 23.0. The zero-order valence-electron chi connectivity index (χ0n) is 40.3. The minimum Gasteiger partial charge on any atom is -0.480 e. The molecule has 3 aliphatic heterocycles. The van der Waals surface area contributed by atoms with Crippen LogP contribution in [0.1, 0.15) is 108 Å². The van der Waals surface area contributed by atoms with Crippen molar-refractivity contribution in [1.82, 2.24) is 25.9 Å². The number of rotatable bonds is 14. The molecule has 3 saturated heterocycles. The van der Waals surface area contributed by atoms with Crippen molar-refractivity contribution in [2.24, 2.45) is 17.8 Å². The van der Waals surface area contributed by atoms with Gasteiger partial charge in [-0.15, -0.1) is 0 Å². The number of aromatic nitrogens is 2. The van der Waals surface area contributed by atoms with Crippen LogP contribution in [0.15, 0.2) is 12.4 Å². The second-order valence-corrected chi connectivity index (χ2v) is 19.1. The number of methoxy groups -OCH3 is 2. The number of cyclic esters (lactones) is 1. The predicted octanol–water partition coefficient (Wildman–Crippen LogP) is 2.47. The molecule has 0 aromatic carbocycles. The molecule has 18 nitrogen and oxygen atoms in total. The van der Waals surface area contributed by atoms with Crippen LogP contribution in [0.5, 0.6) is 11.8 Å². The molecule has 4 rings (SSSR count). The first kappa shape index (κ1) is 53.3. The first-order valence-electron chi connectivity index (χ1n) is 22.9. The van der Waals surface area contributed by atoms with Crippen LogP contribution in [-0.2, 0) is 33.2 Å². The average Bonchev–Trinajstić information content (AvgIpc) is 3.24. The van der Waals surface area contributed by atoms with Crippen LogP contribution in [0.4, 0.5) is 0 Å². The van der Waals surface area contributed by atoms with E-state index < -0.39 is 95.5 Å². The topological polar surface area (TPSA) is 234 Å². The molecule has 0 unspecified atom stereocenters. The van der Waals surface area contributed by atoms with Crippen molar-refractivity contribution in [3.63, 3.8) is 0 Å². The maximum atomic E-state index is 14.5. The van der Waals surface area contributed by atoms with E-state index in [9.17, 15) is 25.2 Å². The van der Waals surface area contributed by atoms with Crippen LogP contribution < -0.4 is 25.4 Å². The maximum Gasteiger partial charge on any atom is 0.316 e. The molecule has 0 spiro atoms. The molecule has 364 valence electrons. The van der Waals surface area contributed by atoms with Gasteiger partial charge < -0.3 is 74.3 Å². The van der Waals surface area contributed by atoms with Crippen molar-refractivity contribution < 1.29 is 63.1 Å². The van der Waals surface area contributed by atoms with Crippen molar-refractivity contribution in [3.8, 4) is 11.8 Å². The van der Waals surface area contributed by atoms with Crippen molar-refractivity contribution in [1.29, 1.82) is 0 Å². The van der Waals surface area contributed by atoms with E-state index in [1.807, 2.05) is 41.7 Å². The lowest BCUT2D eigenvalue weighted by atomic mass is 9.75. The smallest absolute Gasteiger partial charge is 0.316 e. The second-order valence-electron chi connectivity index (χ2n) is 19.1. The third-order valence-electron chi connectivity index (χ3n) is 13.8. The number of esters is 1. The van der Waals surface area contributed by atoms with Crippen LogP contribution in [0.3, 0.4) is 0 Å². The minimum absolute atomic E-state index is 0.0804. The third kappa shape index (κ3) is 12.4. The Labute approximate surface area is 375 Å². The maximum absolute atomic E-state index is 14.5. The Morgan fingerprint density at radius 1 is 0.952 bits per heavy atom. The molecule has 4 heterocycles. The van der Waals surface area contributed by atoms with Gasteiger partial charge in [0.1, 0.15) is 29.0 Å². The van der Waals surface area contributed by atoms with Crippen molar-refractivity contribution >= 4 is 5.97 Å². The predicted molar refractivity (Wildman–Crippen MR) is 234 cm³/mol. The first-order chi connectivity index (χ1) is 29.5. The van der Waals surface area contributed by atoms with Gasteiger partial charge in [-0.2, -0.15) is 9.97 Å². The zero-order valence-corrected chi connectivity index (χ0v) is 40.3. The molecule has 0 amide bonds. The summed E-state index contributed by atoms with van der Waals surface area (Å²) in [6, 6.07) is -0.709. The summed E-state index contributed by atoms with van der Waals surface area (Å²) in [6.07, 6.45) is -3.54. The van der Waals surface area contributed by atoms with E-state index in [1.165, 1.54) is 33.5 Å². The van der Waals surface area contributed by atoms with Crippen molar-refractivity contribution in [2.75, 3.05) is 40.9 Å².